The number of nitrogens with zero attached hydrogens (tertiary/aromatic N) is 2. The number of nitro benzene ring substituents is 1. The first kappa shape index (κ1) is 17.9. The third kappa shape index (κ3) is 5.91. The van der Waals surface area contributed by atoms with Gasteiger partial charge in [-0.05, 0) is 37.3 Å². The van der Waals surface area contributed by atoms with E-state index in [0.29, 0.717) is 5.56 Å². The Hall–Kier alpha value is -3.48. The molecule has 7 heteroatoms. The summed E-state index contributed by atoms with van der Waals surface area (Å²) in [6.07, 6.45) is 4.44. The van der Waals surface area contributed by atoms with Crippen LogP contribution in [-0.2, 0) is 4.79 Å². The average Bonchev–Trinajstić information content (AvgIpc) is 2.61. The molecular formula is C18H18N4O3. The number of benzene rings is 2. The van der Waals surface area contributed by atoms with E-state index in [4.69, 9.17) is 0 Å². The molecule has 1 amide bonds. The molecule has 0 saturated carbocycles. The largest absolute Gasteiger partial charge is 0.376 e. The lowest BCUT2D eigenvalue weighted by Crippen LogP contribution is -2.25. The first-order valence-corrected chi connectivity index (χ1v) is 7.59. The highest BCUT2D eigenvalue weighted by Crippen LogP contribution is 2.18. The Morgan fingerprint density at radius 1 is 1.20 bits per heavy atom. The fourth-order valence-electron chi connectivity index (χ4n) is 1.99. The topological polar surface area (TPSA) is 96.6 Å². The van der Waals surface area contributed by atoms with Gasteiger partial charge in [0.1, 0.15) is 0 Å². The minimum Gasteiger partial charge on any atom is -0.376 e. The van der Waals surface area contributed by atoms with E-state index >= 15 is 0 Å². The van der Waals surface area contributed by atoms with Gasteiger partial charge in [-0.15, -0.1) is 0 Å². The maximum absolute atomic E-state index is 11.7. The normalized spacial score (nSPS) is 10.9. The first-order valence-electron chi connectivity index (χ1n) is 7.59. The first-order chi connectivity index (χ1) is 12.1. The number of allylic oxidation sites excluding steroid dienone is 1. The van der Waals surface area contributed by atoms with E-state index < -0.39 is 4.92 Å². The van der Waals surface area contributed by atoms with Gasteiger partial charge in [0.05, 0.1) is 17.0 Å². The maximum Gasteiger partial charge on any atom is 0.276 e. The zero-order valence-corrected chi connectivity index (χ0v) is 13.7. The highest BCUT2D eigenvalue weighted by atomic mass is 16.6. The summed E-state index contributed by atoms with van der Waals surface area (Å²) >= 11 is 0. The minimum absolute atomic E-state index is 0.0125. The van der Waals surface area contributed by atoms with Crippen molar-refractivity contribution in [2.24, 2.45) is 5.10 Å². The third-order valence-corrected chi connectivity index (χ3v) is 3.26. The smallest absolute Gasteiger partial charge is 0.276 e. The molecule has 0 spiro atoms. The van der Waals surface area contributed by atoms with E-state index in [2.05, 4.69) is 15.8 Å². The van der Waals surface area contributed by atoms with Crippen molar-refractivity contribution in [2.45, 2.75) is 6.92 Å². The number of hydrazone groups is 1. The van der Waals surface area contributed by atoms with Crippen LogP contribution in [0.5, 0.6) is 0 Å². The molecular weight excluding hydrogens is 320 g/mol. The fraction of sp³-hybridized carbons (Fsp3) is 0.111. The second kappa shape index (κ2) is 8.97. The number of carbonyl (C=O) groups is 1. The Morgan fingerprint density at radius 3 is 2.64 bits per heavy atom. The molecule has 128 valence electrons. The van der Waals surface area contributed by atoms with Crippen molar-refractivity contribution < 1.29 is 9.72 Å². The quantitative estimate of drug-likeness (QED) is 0.460. The average molecular weight is 338 g/mol. The standard InChI is InChI=1S/C18H18N4O3/c1-14-8-10-16(11-9-14)19-13-18(23)21-20-12-4-6-15-5-2-3-7-17(15)22(24)25/h2-12,19H,13H2,1H3,(H,21,23). The second-order valence-corrected chi connectivity index (χ2v) is 5.21. The van der Waals surface area contributed by atoms with Gasteiger partial charge in [-0.1, -0.05) is 29.8 Å². The molecule has 7 nitrogen and oxygen atoms in total. The molecule has 0 atom stereocenters. The number of rotatable bonds is 7. The Labute approximate surface area is 145 Å². The Bertz CT molecular complexity index is 798. The number of aryl methyl sites for hydroxylation is 1. The molecule has 0 aliphatic rings. The summed E-state index contributed by atoms with van der Waals surface area (Å²) in [5, 5.41) is 17.6. The van der Waals surface area contributed by atoms with Crippen molar-refractivity contribution >= 4 is 29.6 Å². The van der Waals surface area contributed by atoms with Gasteiger partial charge in [0, 0.05) is 18.0 Å². The molecule has 0 heterocycles. The van der Waals surface area contributed by atoms with E-state index in [-0.39, 0.29) is 18.1 Å². The van der Waals surface area contributed by atoms with Crippen LogP contribution in [0.1, 0.15) is 11.1 Å². The number of para-hydroxylation sites is 1. The Kier molecular flexibility index (Phi) is 6.41. The summed E-state index contributed by atoms with van der Waals surface area (Å²) in [6.45, 7) is 2.08. The number of nitrogens with one attached hydrogen (secondary N) is 2. The van der Waals surface area contributed by atoms with Gasteiger partial charge in [-0.3, -0.25) is 14.9 Å². The molecule has 0 aliphatic carbocycles. The third-order valence-electron chi connectivity index (χ3n) is 3.26. The predicted octanol–water partition coefficient (Wildman–Crippen LogP) is 3.13. The highest BCUT2D eigenvalue weighted by Gasteiger charge is 2.08. The van der Waals surface area contributed by atoms with Crippen LogP contribution in [0.2, 0.25) is 0 Å². The number of nitro groups is 1. The molecule has 2 aromatic carbocycles. The van der Waals surface area contributed by atoms with Crippen molar-refractivity contribution in [3.63, 3.8) is 0 Å². The van der Waals surface area contributed by atoms with Crippen molar-refractivity contribution in [1.82, 2.24) is 5.43 Å². The number of hydrogen-bond donors (Lipinski definition) is 2. The molecule has 0 fully saturated rings. The van der Waals surface area contributed by atoms with Crippen molar-refractivity contribution in [3.05, 3.63) is 75.8 Å². The number of amides is 1. The molecule has 25 heavy (non-hydrogen) atoms. The van der Waals surface area contributed by atoms with Crippen LogP contribution >= 0.6 is 0 Å². The van der Waals surface area contributed by atoms with Crippen LogP contribution < -0.4 is 10.7 Å². The monoisotopic (exact) mass is 338 g/mol. The molecule has 0 aromatic heterocycles. The predicted molar refractivity (Wildman–Crippen MR) is 98.4 cm³/mol. The molecule has 0 aliphatic heterocycles. The summed E-state index contributed by atoms with van der Waals surface area (Å²) in [7, 11) is 0. The molecule has 2 rings (SSSR count). The van der Waals surface area contributed by atoms with E-state index in [0.717, 1.165) is 11.3 Å². The molecule has 0 unspecified atom stereocenters. The van der Waals surface area contributed by atoms with Crippen LogP contribution in [0.3, 0.4) is 0 Å². The van der Waals surface area contributed by atoms with Crippen molar-refractivity contribution in [1.29, 1.82) is 0 Å². The van der Waals surface area contributed by atoms with E-state index in [1.807, 2.05) is 31.2 Å². The molecule has 0 bridgehead atoms. The van der Waals surface area contributed by atoms with Gasteiger partial charge < -0.3 is 5.32 Å². The number of carbonyl (C=O) groups excluding carboxylic acids is 1. The number of hydrogen-bond acceptors (Lipinski definition) is 5. The van der Waals surface area contributed by atoms with Gasteiger partial charge >= 0.3 is 0 Å². The van der Waals surface area contributed by atoms with Crippen LogP contribution in [0.4, 0.5) is 11.4 Å². The van der Waals surface area contributed by atoms with Crippen LogP contribution in [0.25, 0.3) is 6.08 Å². The lowest BCUT2D eigenvalue weighted by molar-refractivity contribution is -0.385. The van der Waals surface area contributed by atoms with E-state index in [1.165, 1.54) is 18.4 Å². The van der Waals surface area contributed by atoms with E-state index in [1.54, 1.807) is 24.3 Å². The number of anilines is 1. The molecule has 0 saturated heterocycles. The SMILES string of the molecule is Cc1ccc(NCC(=O)NN=CC=Cc2ccccc2[N+](=O)[O-])cc1. The fourth-order valence-corrected chi connectivity index (χ4v) is 1.99. The van der Waals surface area contributed by atoms with Gasteiger partial charge in [-0.2, -0.15) is 5.10 Å². The maximum atomic E-state index is 11.7. The summed E-state index contributed by atoms with van der Waals surface area (Å²) < 4.78 is 0. The lowest BCUT2D eigenvalue weighted by Gasteiger charge is -2.05. The highest BCUT2D eigenvalue weighted by molar-refractivity contribution is 5.84. The van der Waals surface area contributed by atoms with Crippen LogP contribution in [0, 0.1) is 17.0 Å². The Morgan fingerprint density at radius 2 is 1.92 bits per heavy atom. The molecule has 2 N–H and O–H groups in total. The van der Waals surface area contributed by atoms with Gasteiger partial charge in [0.25, 0.3) is 11.6 Å². The lowest BCUT2D eigenvalue weighted by atomic mass is 10.2. The van der Waals surface area contributed by atoms with Gasteiger partial charge in [-0.25, -0.2) is 5.43 Å². The van der Waals surface area contributed by atoms with Crippen molar-refractivity contribution in [2.75, 3.05) is 11.9 Å². The van der Waals surface area contributed by atoms with Crippen molar-refractivity contribution in [3.8, 4) is 0 Å². The minimum atomic E-state index is -0.449. The van der Waals surface area contributed by atoms with E-state index in [9.17, 15) is 14.9 Å². The summed E-state index contributed by atoms with van der Waals surface area (Å²) in [5.74, 6) is -0.295. The zero-order chi connectivity index (χ0) is 18.1. The molecule has 2 aromatic rings. The second-order valence-electron chi connectivity index (χ2n) is 5.21. The Balaban J connectivity index is 1.80. The zero-order valence-electron chi connectivity index (χ0n) is 13.7. The summed E-state index contributed by atoms with van der Waals surface area (Å²) in [6, 6.07) is 14.1. The van der Waals surface area contributed by atoms with Crippen LogP contribution in [0.15, 0.2) is 59.7 Å². The molecule has 0 radical (unpaired) electrons. The van der Waals surface area contributed by atoms with Gasteiger partial charge in [0.2, 0.25) is 0 Å². The van der Waals surface area contributed by atoms with Crippen LogP contribution in [-0.4, -0.2) is 23.6 Å². The van der Waals surface area contributed by atoms with Gasteiger partial charge in [0.15, 0.2) is 0 Å². The summed E-state index contributed by atoms with van der Waals surface area (Å²) in [4.78, 5) is 22.1. The summed E-state index contributed by atoms with van der Waals surface area (Å²) in [5.41, 5.74) is 4.84.